The SMILES string of the molecule is C/C1=C/CC/C(C)=C/CC(C)(C)/C=C\C1. The van der Waals surface area contributed by atoms with Gasteiger partial charge in [0.15, 0.2) is 0 Å². The minimum absolute atomic E-state index is 0.311. The van der Waals surface area contributed by atoms with Gasteiger partial charge in [-0.1, -0.05) is 49.3 Å². The van der Waals surface area contributed by atoms with Crippen LogP contribution in [-0.4, -0.2) is 0 Å². The van der Waals surface area contributed by atoms with E-state index in [1.54, 1.807) is 0 Å². The van der Waals surface area contributed by atoms with Crippen molar-refractivity contribution in [1.82, 2.24) is 0 Å². The molecule has 0 fully saturated rings. The first-order chi connectivity index (χ1) is 6.99. The fraction of sp³-hybridized carbons (Fsp3) is 0.600. The van der Waals surface area contributed by atoms with Crippen LogP contribution >= 0.6 is 0 Å². The molecule has 0 aromatic heterocycles. The van der Waals surface area contributed by atoms with Gasteiger partial charge in [0.2, 0.25) is 0 Å². The highest BCUT2D eigenvalue weighted by Gasteiger charge is 2.11. The van der Waals surface area contributed by atoms with Gasteiger partial charge in [-0.15, -0.1) is 0 Å². The van der Waals surface area contributed by atoms with Gasteiger partial charge in [0, 0.05) is 0 Å². The zero-order chi connectivity index (χ0) is 11.3. The van der Waals surface area contributed by atoms with Crippen molar-refractivity contribution >= 4 is 0 Å². The number of hydrogen-bond donors (Lipinski definition) is 0. The molecule has 0 heterocycles. The molecule has 0 unspecified atom stereocenters. The summed E-state index contributed by atoms with van der Waals surface area (Å²) in [4.78, 5) is 0. The van der Waals surface area contributed by atoms with Crippen LogP contribution < -0.4 is 0 Å². The summed E-state index contributed by atoms with van der Waals surface area (Å²) in [6.07, 6.45) is 14.1. The van der Waals surface area contributed by atoms with E-state index in [2.05, 4.69) is 52.0 Å². The van der Waals surface area contributed by atoms with E-state index in [9.17, 15) is 0 Å². The molecule has 0 saturated carbocycles. The summed E-state index contributed by atoms with van der Waals surface area (Å²) in [7, 11) is 0. The molecular weight excluding hydrogens is 180 g/mol. The lowest BCUT2D eigenvalue weighted by Gasteiger charge is -2.18. The Morgan fingerprint density at radius 1 is 1.07 bits per heavy atom. The molecule has 0 bridgehead atoms. The van der Waals surface area contributed by atoms with Crippen LogP contribution in [0.3, 0.4) is 0 Å². The van der Waals surface area contributed by atoms with Gasteiger partial charge in [0.1, 0.15) is 0 Å². The maximum Gasteiger partial charge on any atom is -0.0140 e. The van der Waals surface area contributed by atoms with Crippen molar-refractivity contribution in [2.75, 3.05) is 0 Å². The van der Waals surface area contributed by atoms with Crippen LogP contribution in [0.25, 0.3) is 0 Å². The normalized spacial score (nSPS) is 31.7. The topological polar surface area (TPSA) is 0 Å². The zero-order valence-electron chi connectivity index (χ0n) is 10.6. The third-order valence-corrected chi connectivity index (χ3v) is 3.02. The first kappa shape index (κ1) is 12.3. The average molecular weight is 204 g/mol. The molecule has 15 heavy (non-hydrogen) atoms. The fourth-order valence-electron chi connectivity index (χ4n) is 1.80. The summed E-state index contributed by atoms with van der Waals surface area (Å²) in [5, 5.41) is 0. The first-order valence-electron chi connectivity index (χ1n) is 5.98. The summed E-state index contributed by atoms with van der Waals surface area (Å²) in [5.41, 5.74) is 3.34. The Bertz CT molecular complexity index is 287. The molecule has 1 rings (SSSR count). The molecule has 0 nitrogen and oxygen atoms in total. The highest BCUT2D eigenvalue weighted by Crippen LogP contribution is 2.25. The first-order valence-corrected chi connectivity index (χ1v) is 5.98. The summed E-state index contributed by atoms with van der Waals surface area (Å²) in [6.45, 7) is 9.10. The van der Waals surface area contributed by atoms with Crippen LogP contribution in [0.5, 0.6) is 0 Å². The Morgan fingerprint density at radius 3 is 2.53 bits per heavy atom. The summed E-state index contributed by atoms with van der Waals surface area (Å²) >= 11 is 0. The molecule has 0 N–H and O–H groups in total. The third-order valence-electron chi connectivity index (χ3n) is 3.02. The molecule has 84 valence electrons. The molecule has 0 aromatic carbocycles. The van der Waals surface area contributed by atoms with Crippen molar-refractivity contribution in [2.45, 2.75) is 53.4 Å². The molecule has 0 amide bonds. The van der Waals surface area contributed by atoms with E-state index >= 15 is 0 Å². The molecule has 1 aliphatic carbocycles. The van der Waals surface area contributed by atoms with Crippen LogP contribution in [-0.2, 0) is 0 Å². The molecular formula is C15H24. The highest BCUT2D eigenvalue weighted by molar-refractivity contribution is 5.12. The minimum atomic E-state index is 0.311. The van der Waals surface area contributed by atoms with E-state index in [-0.39, 0.29) is 0 Å². The smallest absolute Gasteiger partial charge is 0.0140 e. The van der Waals surface area contributed by atoms with Gasteiger partial charge in [-0.2, -0.15) is 0 Å². The molecule has 0 heteroatoms. The standard InChI is InChI=1S/C15H24/c1-13-7-5-8-14(2)10-12-15(3,4)11-6-9-13/h6-7,10-11H,5,8-9,12H2,1-4H3/b11-6-,13-7-,14-10+. The molecule has 0 radical (unpaired) electrons. The van der Waals surface area contributed by atoms with E-state index in [0.717, 1.165) is 12.8 Å². The summed E-state index contributed by atoms with van der Waals surface area (Å²) < 4.78 is 0. The highest BCUT2D eigenvalue weighted by atomic mass is 14.2. The van der Waals surface area contributed by atoms with Gasteiger partial charge in [0.05, 0.1) is 0 Å². The van der Waals surface area contributed by atoms with Crippen molar-refractivity contribution in [1.29, 1.82) is 0 Å². The Hall–Kier alpha value is -0.780. The monoisotopic (exact) mass is 204 g/mol. The van der Waals surface area contributed by atoms with Crippen molar-refractivity contribution in [3.05, 3.63) is 35.5 Å². The molecule has 1 aliphatic rings. The van der Waals surface area contributed by atoms with E-state index in [1.165, 1.54) is 24.0 Å². The quantitative estimate of drug-likeness (QED) is 0.485. The van der Waals surface area contributed by atoms with Gasteiger partial charge >= 0.3 is 0 Å². The van der Waals surface area contributed by atoms with Crippen molar-refractivity contribution < 1.29 is 0 Å². The van der Waals surface area contributed by atoms with Gasteiger partial charge in [-0.05, 0) is 44.9 Å². The zero-order valence-corrected chi connectivity index (χ0v) is 10.6. The average Bonchev–Trinajstić information content (AvgIpc) is 2.15. The lowest BCUT2D eigenvalue weighted by atomic mass is 9.87. The maximum absolute atomic E-state index is 2.40. The fourth-order valence-corrected chi connectivity index (χ4v) is 1.80. The molecule has 0 aliphatic heterocycles. The van der Waals surface area contributed by atoms with E-state index in [4.69, 9.17) is 0 Å². The van der Waals surface area contributed by atoms with Crippen LogP contribution in [0.4, 0.5) is 0 Å². The number of rotatable bonds is 0. The Balaban J connectivity index is 2.79. The maximum atomic E-state index is 2.40. The number of allylic oxidation sites excluding steroid dienone is 6. The van der Waals surface area contributed by atoms with Gasteiger partial charge < -0.3 is 0 Å². The van der Waals surface area contributed by atoms with Gasteiger partial charge in [-0.25, -0.2) is 0 Å². The Kier molecular flexibility index (Phi) is 4.38. The molecule has 0 aromatic rings. The predicted molar refractivity (Wildman–Crippen MR) is 68.9 cm³/mol. The minimum Gasteiger partial charge on any atom is -0.0850 e. The van der Waals surface area contributed by atoms with Gasteiger partial charge in [-0.3, -0.25) is 0 Å². The van der Waals surface area contributed by atoms with Crippen molar-refractivity contribution in [2.24, 2.45) is 5.41 Å². The van der Waals surface area contributed by atoms with Crippen molar-refractivity contribution in [3.63, 3.8) is 0 Å². The summed E-state index contributed by atoms with van der Waals surface area (Å²) in [5.74, 6) is 0. The molecule has 0 spiro atoms. The second-order valence-corrected chi connectivity index (χ2v) is 5.44. The second-order valence-electron chi connectivity index (χ2n) is 5.44. The Morgan fingerprint density at radius 2 is 1.80 bits per heavy atom. The van der Waals surface area contributed by atoms with Gasteiger partial charge in [0.25, 0.3) is 0 Å². The number of hydrogen-bond acceptors (Lipinski definition) is 0. The van der Waals surface area contributed by atoms with Crippen LogP contribution in [0, 0.1) is 5.41 Å². The van der Waals surface area contributed by atoms with Crippen LogP contribution in [0.15, 0.2) is 35.5 Å². The van der Waals surface area contributed by atoms with Crippen LogP contribution in [0.1, 0.15) is 53.4 Å². The van der Waals surface area contributed by atoms with Crippen molar-refractivity contribution in [3.8, 4) is 0 Å². The summed E-state index contributed by atoms with van der Waals surface area (Å²) in [6, 6.07) is 0. The lowest BCUT2D eigenvalue weighted by Crippen LogP contribution is -2.05. The van der Waals surface area contributed by atoms with E-state index in [0.29, 0.717) is 5.41 Å². The second kappa shape index (κ2) is 5.34. The largest absolute Gasteiger partial charge is 0.0850 e. The Labute approximate surface area is 94.8 Å². The lowest BCUT2D eigenvalue weighted by molar-refractivity contribution is 0.486. The predicted octanol–water partition coefficient (Wildman–Crippen LogP) is 5.04. The van der Waals surface area contributed by atoms with E-state index < -0.39 is 0 Å². The molecule has 0 saturated heterocycles. The molecule has 0 atom stereocenters. The van der Waals surface area contributed by atoms with Crippen LogP contribution in [0.2, 0.25) is 0 Å². The third kappa shape index (κ3) is 5.01. The van der Waals surface area contributed by atoms with E-state index in [1.807, 2.05) is 0 Å².